The topological polar surface area (TPSA) is 36.4 Å². The third-order valence-corrected chi connectivity index (χ3v) is 6.51. The van der Waals surface area contributed by atoms with E-state index in [1.54, 1.807) is 12.4 Å². The lowest BCUT2D eigenvalue weighted by molar-refractivity contribution is -0.140. The van der Waals surface area contributed by atoms with Crippen molar-refractivity contribution >= 4 is 17.5 Å². The molecular weight excluding hydrogens is 358 g/mol. The van der Waals surface area contributed by atoms with Gasteiger partial charge < -0.3 is 4.90 Å². The predicted octanol–water partition coefficient (Wildman–Crippen LogP) is 4.14. The van der Waals surface area contributed by atoms with E-state index in [9.17, 15) is 4.79 Å². The van der Waals surface area contributed by atoms with Crippen LogP contribution >= 0.6 is 11.6 Å². The van der Waals surface area contributed by atoms with Gasteiger partial charge in [-0.1, -0.05) is 29.8 Å². The van der Waals surface area contributed by atoms with Crippen molar-refractivity contribution in [3.63, 3.8) is 0 Å². The number of likely N-dealkylation sites (tertiary alicyclic amines) is 2. The Morgan fingerprint density at radius 2 is 1.74 bits per heavy atom. The predicted molar refractivity (Wildman–Crippen MR) is 107 cm³/mol. The quantitative estimate of drug-likeness (QED) is 0.796. The molecule has 3 heterocycles. The lowest BCUT2D eigenvalue weighted by atomic mass is 9.72. The zero-order chi connectivity index (χ0) is 18.7. The van der Waals surface area contributed by atoms with E-state index in [0.717, 1.165) is 56.0 Å². The normalized spacial score (nSPS) is 20.2. The monoisotopic (exact) mass is 383 g/mol. The van der Waals surface area contributed by atoms with Gasteiger partial charge in [-0.2, -0.15) is 0 Å². The Bertz CT molecular complexity index is 787. The van der Waals surface area contributed by atoms with Gasteiger partial charge in [0.1, 0.15) is 0 Å². The molecule has 1 aromatic heterocycles. The lowest BCUT2D eigenvalue weighted by Gasteiger charge is -2.47. The minimum absolute atomic E-state index is 0.276. The second-order valence-corrected chi connectivity index (χ2v) is 8.38. The van der Waals surface area contributed by atoms with Gasteiger partial charge >= 0.3 is 0 Å². The summed E-state index contributed by atoms with van der Waals surface area (Å²) >= 11 is 6.32. The Balaban J connectivity index is 1.37. The number of rotatable bonds is 4. The van der Waals surface area contributed by atoms with Crippen LogP contribution in [0.3, 0.4) is 0 Å². The first-order valence-electron chi connectivity index (χ1n) is 9.76. The van der Waals surface area contributed by atoms with Crippen LogP contribution in [0.5, 0.6) is 0 Å². The van der Waals surface area contributed by atoms with Crippen molar-refractivity contribution in [2.45, 2.75) is 38.8 Å². The molecule has 2 saturated heterocycles. The van der Waals surface area contributed by atoms with E-state index in [0.29, 0.717) is 13.0 Å². The maximum Gasteiger partial charge on any atom is 0.222 e. The number of halogens is 1. The van der Waals surface area contributed by atoms with Crippen molar-refractivity contribution in [2.24, 2.45) is 5.41 Å². The smallest absolute Gasteiger partial charge is 0.222 e. The zero-order valence-corrected chi connectivity index (χ0v) is 16.4. The van der Waals surface area contributed by atoms with Crippen LogP contribution < -0.4 is 0 Å². The fourth-order valence-electron chi connectivity index (χ4n) is 4.42. The van der Waals surface area contributed by atoms with E-state index in [1.807, 2.05) is 24.3 Å². The highest BCUT2D eigenvalue weighted by Crippen LogP contribution is 2.41. The molecule has 27 heavy (non-hydrogen) atoms. The van der Waals surface area contributed by atoms with E-state index in [1.165, 1.54) is 5.56 Å². The van der Waals surface area contributed by atoms with Crippen molar-refractivity contribution < 1.29 is 4.79 Å². The fourth-order valence-corrected chi connectivity index (χ4v) is 4.61. The van der Waals surface area contributed by atoms with Crippen molar-refractivity contribution in [3.8, 4) is 0 Å². The van der Waals surface area contributed by atoms with Crippen molar-refractivity contribution in [3.05, 3.63) is 64.9 Å². The first-order chi connectivity index (χ1) is 13.1. The third kappa shape index (κ3) is 4.33. The van der Waals surface area contributed by atoms with Crippen LogP contribution in [0.2, 0.25) is 5.02 Å². The number of hydrogen-bond acceptors (Lipinski definition) is 3. The number of hydrogen-bond donors (Lipinski definition) is 0. The molecule has 0 unspecified atom stereocenters. The first-order valence-corrected chi connectivity index (χ1v) is 10.1. The molecule has 142 valence electrons. The van der Waals surface area contributed by atoms with Gasteiger partial charge in [0, 0.05) is 43.5 Å². The summed E-state index contributed by atoms with van der Waals surface area (Å²) in [5, 5.41) is 0.851. The van der Waals surface area contributed by atoms with Crippen molar-refractivity contribution in [1.82, 2.24) is 14.8 Å². The average molecular weight is 384 g/mol. The Hall–Kier alpha value is -1.91. The average Bonchev–Trinajstić information content (AvgIpc) is 2.69. The largest absolute Gasteiger partial charge is 0.338 e. The van der Waals surface area contributed by atoms with E-state index in [-0.39, 0.29) is 11.3 Å². The molecule has 2 fully saturated rings. The Labute approximate surface area is 166 Å². The standard InChI is InChI=1S/C22H26ClN3O/c23-20-4-2-1-3-19(20)16-25-13-9-22(10-14-25)8-5-21(27)26(17-22)15-18-6-11-24-12-7-18/h1-4,6-7,11-12H,5,8-10,13-17H2. The highest BCUT2D eigenvalue weighted by Gasteiger charge is 2.40. The molecule has 1 aromatic carbocycles. The number of carbonyl (C=O) groups excluding carboxylic acids is 1. The summed E-state index contributed by atoms with van der Waals surface area (Å²) in [5.74, 6) is 0.288. The minimum Gasteiger partial charge on any atom is -0.338 e. The van der Waals surface area contributed by atoms with Gasteiger partial charge in [0.2, 0.25) is 5.91 Å². The highest BCUT2D eigenvalue weighted by atomic mass is 35.5. The lowest BCUT2D eigenvalue weighted by Crippen LogP contribution is -2.51. The summed E-state index contributed by atoms with van der Waals surface area (Å²) < 4.78 is 0. The molecule has 4 nitrogen and oxygen atoms in total. The molecule has 1 amide bonds. The van der Waals surface area contributed by atoms with Crippen LogP contribution in [0.1, 0.15) is 36.8 Å². The van der Waals surface area contributed by atoms with Crippen LogP contribution in [0, 0.1) is 5.41 Å². The van der Waals surface area contributed by atoms with Crippen LogP contribution in [-0.4, -0.2) is 40.3 Å². The number of aromatic nitrogens is 1. The van der Waals surface area contributed by atoms with E-state index in [2.05, 4.69) is 26.9 Å². The Kier molecular flexibility index (Phi) is 5.46. The molecule has 0 N–H and O–H groups in total. The van der Waals surface area contributed by atoms with Gasteiger partial charge in [0.25, 0.3) is 0 Å². The molecule has 4 rings (SSSR count). The van der Waals surface area contributed by atoms with Crippen molar-refractivity contribution in [2.75, 3.05) is 19.6 Å². The van der Waals surface area contributed by atoms with Crippen LogP contribution in [0.25, 0.3) is 0 Å². The molecule has 0 atom stereocenters. The number of carbonyl (C=O) groups is 1. The molecule has 0 aliphatic carbocycles. The van der Waals surface area contributed by atoms with Gasteiger partial charge in [-0.15, -0.1) is 0 Å². The van der Waals surface area contributed by atoms with Gasteiger partial charge in [0.15, 0.2) is 0 Å². The molecular formula is C22H26ClN3O. The molecule has 2 aliphatic rings. The zero-order valence-electron chi connectivity index (χ0n) is 15.6. The van der Waals surface area contributed by atoms with E-state index >= 15 is 0 Å². The number of benzene rings is 1. The summed E-state index contributed by atoms with van der Waals surface area (Å²) in [6, 6.07) is 12.1. The maximum atomic E-state index is 12.5. The molecule has 2 aromatic rings. The van der Waals surface area contributed by atoms with Gasteiger partial charge in [-0.3, -0.25) is 14.7 Å². The molecule has 0 bridgehead atoms. The summed E-state index contributed by atoms with van der Waals surface area (Å²) in [5.41, 5.74) is 2.64. The number of nitrogens with zero attached hydrogens (tertiary/aromatic N) is 3. The molecule has 0 radical (unpaired) electrons. The van der Waals surface area contributed by atoms with E-state index in [4.69, 9.17) is 11.6 Å². The van der Waals surface area contributed by atoms with Crippen molar-refractivity contribution in [1.29, 1.82) is 0 Å². The maximum absolute atomic E-state index is 12.5. The van der Waals surface area contributed by atoms with E-state index < -0.39 is 0 Å². The summed E-state index contributed by atoms with van der Waals surface area (Å²) in [4.78, 5) is 21.1. The van der Waals surface area contributed by atoms with Gasteiger partial charge in [-0.25, -0.2) is 0 Å². The number of pyridine rings is 1. The molecule has 0 saturated carbocycles. The molecule has 5 heteroatoms. The summed E-state index contributed by atoms with van der Waals surface area (Å²) in [6.07, 6.45) is 7.60. The van der Waals surface area contributed by atoms with Crippen LogP contribution in [-0.2, 0) is 17.9 Å². The van der Waals surface area contributed by atoms with Gasteiger partial charge in [0.05, 0.1) is 0 Å². The fraction of sp³-hybridized carbons (Fsp3) is 0.455. The molecule has 1 spiro atoms. The molecule has 2 aliphatic heterocycles. The second kappa shape index (κ2) is 7.99. The number of piperidine rings is 2. The second-order valence-electron chi connectivity index (χ2n) is 7.97. The van der Waals surface area contributed by atoms with Crippen LogP contribution in [0.4, 0.5) is 0 Å². The summed E-state index contributed by atoms with van der Waals surface area (Å²) in [7, 11) is 0. The third-order valence-electron chi connectivity index (χ3n) is 6.14. The number of amides is 1. The van der Waals surface area contributed by atoms with Crippen LogP contribution in [0.15, 0.2) is 48.8 Å². The summed E-state index contributed by atoms with van der Waals surface area (Å²) in [6.45, 7) is 4.64. The Morgan fingerprint density at radius 3 is 2.48 bits per heavy atom. The Morgan fingerprint density at radius 1 is 1.00 bits per heavy atom. The minimum atomic E-state index is 0.276. The first kappa shape index (κ1) is 18.5. The SMILES string of the molecule is O=C1CCC2(CCN(Cc3ccccc3Cl)CC2)CN1Cc1ccncc1. The highest BCUT2D eigenvalue weighted by molar-refractivity contribution is 6.31. The van der Waals surface area contributed by atoms with Gasteiger partial charge in [-0.05, 0) is 67.1 Å².